The predicted octanol–water partition coefficient (Wildman–Crippen LogP) is 3.09. The lowest BCUT2D eigenvalue weighted by Crippen LogP contribution is -2.25. The van der Waals surface area contributed by atoms with E-state index < -0.39 is 17.6 Å². The molecule has 136 valence electrons. The van der Waals surface area contributed by atoms with Crippen molar-refractivity contribution in [1.29, 1.82) is 0 Å². The first-order valence-electron chi connectivity index (χ1n) is 8.03. The molecule has 1 saturated carbocycles. The van der Waals surface area contributed by atoms with E-state index in [2.05, 4.69) is 5.32 Å². The van der Waals surface area contributed by atoms with Gasteiger partial charge in [0.15, 0.2) is 0 Å². The van der Waals surface area contributed by atoms with Gasteiger partial charge in [0.25, 0.3) is 0 Å². The fourth-order valence-corrected chi connectivity index (χ4v) is 2.98. The molecule has 5 nitrogen and oxygen atoms in total. The molecule has 0 aromatic heterocycles. The van der Waals surface area contributed by atoms with Crippen LogP contribution in [0.4, 0.5) is 8.78 Å². The van der Waals surface area contributed by atoms with Crippen molar-refractivity contribution in [2.24, 2.45) is 5.92 Å². The molecule has 2 aromatic carbocycles. The average Bonchev–Trinajstić information content (AvgIpc) is 3.39. The zero-order valence-corrected chi connectivity index (χ0v) is 14.0. The van der Waals surface area contributed by atoms with Crippen molar-refractivity contribution in [3.8, 4) is 5.75 Å². The number of carboxylic acids is 1. The Morgan fingerprint density at radius 2 is 2.00 bits per heavy atom. The Morgan fingerprint density at radius 3 is 2.65 bits per heavy atom. The summed E-state index contributed by atoms with van der Waals surface area (Å²) >= 11 is 0. The lowest BCUT2D eigenvalue weighted by atomic mass is 10.1. The Morgan fingerprint density at radius 1 is 1.23 bits per heavy atom. The van der Waals surface area contributed by atoms with Gasteiger partial charge in [-0.05, 0) is 41.7 Å². The maximum Gasteiger partial charge on any atom is 0.339 e. The highest BCUT2D eigenvalue weighted by molar-refractivity contribution is 5.91. The molecule has 1 amide bonds. The second-order valence-corrected chi connectivity index (χ2v) is 6.17. The Kier molecular flexibility index (Phi) is 4.88. The molecule has 2 aromatic rings. The molecule has 2 N–H and O–H groups in total. The average molecular weight is 361 g/mol. The number of carbonyl (C=O) groups excluding carboxylic acids is 1. The number of halogens is 2. The van der Waals surface area contributed by atoms with Crippen molar-refractivity contribution in [1.82, 2.24) is 5.32 Å². The van der Waals surface area contributed by atoms with Crippen molar-refractivity contribution in [2.75, 3.05) is 7.11 Å². The van der Waals surface area contributed by atoms with Crippen LogP contribution in [0.15, 0.2) is 36.4 Å². The molecule has 0 aliphatic heterocycles. The van der Waals surface area contributed by atoms with Crippen LogP contribution in [-0.4, -0.2) is 24.1 Å². The largest absolute Gasteiger partial charge is 0.496 e. The number of carboxylic acid groups (broad SMARTS) is 1. The molecule has 2 atom stereocenters. The summed E-state index contributed by atoms with van der Waals surface area (Å²) in [5.41, 5.74) is 0.961. The molecule has 0 bridgehead atoms. The Balaban J connectivity index is 1.62. The highest BCUT2D eigenvalue weighted by Crippen LogP contribution is 2.48. The van der Waals surface area contributed by atoms with Gasteiger partial charge in [-0.15, -0.1) is 0 Å². The van der Waals surface area contributed by atoms with Crippen LogP contribution in [0.25, 0.3) is 0 Å². The van der Waals surface area contributed by atoms with Gasteiger partial charge in [0, 0.05) is 18.5 Å². The zero-order chi connectivity index (χ0) is 18.8. The summed E-state index contributed by atoms with van der Waals surface area (Å²) in [4.78, 5) is 23.4. The molecule has 1 aliphatic carbocycles. The SMILES string of the molecule is COc1ccc(CNC(=O)C2CC2c2ccc(F)cc2F)cc1C(=O)O. The van der Waals surface area contributed by atoms with Gasteiger partial charge in [0.05, 0.1) is 7.11 Å². The van der Waals surface area contributed by atoms with E-state index in [4.69, 9.17) is 4.74 Å². The van der Waals surface area contributed by atoms with E-state index in [-0.39, 0.29) is 35.6 Å². The van der Waals surface area contributed by atoms with Gasteiger partial charge < -0.3 is 15.2 Å². The summed E-state index contributed by atoms with van der Waals surface area (Å²) in [5.74, 6) is -3.06. The van der Waals surface area contributed by atoms with Crippen LogP contribution in [0.2, 0.25) is 0 Å². The molecule has 0 heterocycles. The van der Waals surface area contributed by atoms with Crippen molar-refractivity contribution < 1.29 is 28.2 Å². The van der Waals surface area contributed by atoms with Gasteiger partial charge in [0.2, 0.25) is 5.91 Å². The molecule has 26 heavy (non-hydrogen) atoms. The summed E-state index contributed by atoms with van der Waals surface area (Å²) in [6, 6.07) is 7.98. The Bertz CT molecular complexity index is 869. The Hall–Kier alpha value is -2.96. The quantitative estimate of drug-likeness (QED) is 0.829. The number of benzene rings is 2. The molecule has 7 heteroatoms. The van der Waals surface area contributed by atoms with E-state index in [0.29, 0.717) is 17.5 Å². The van der Waals surface area contributed by atoms with Gasteiger partial charge >= 0.3 is 5.97 Å². The summed E-state index contributed by atoms with van der Waals surface area (Å²) in [6.07, 6.45) is 0.497. The number of rotatable bonds is 6. The van der Waals surface area contributed by atoms with Gasteiger partial charge in [-0.1, -0.05) is 12.1 Å². The first-order valence-corrected chi connectivity index (χ1v) is 8.03. The topological polar surface area (TPSA) is 75.6 Å². The number of ether oxygens (including phenoxy) is 1. The van der Waals surface area contributed by atoms with E-state index in [9.17, 15) is 23.5 Å². The molecule has 2 unspecified atom stereocenters. The first kappa shape index (κ1) is 17.8. The smallest absolute Gasteiger partial charge is 0.339 e. The zero-order valence-electron chi connectivity index (χ0n) is 14.0. The molecular formula is C19H17F2NO4. The minimum Gasteiger partial charge on any atom is -0.496 e. The minimum absolute atomic E-state index is 0.0110. The summed E-state index contributed by atoms with van der Waals surface area (Å²) in [7, 11) is 1.38. The van der Waals surface area contributed by atoms with E-state index in [0.717, 1.165) is 6.07 Å². The highest BCUT2D eigenvalue weighted by Gasteiger charge is 2.45. The normalized spacial score (nSPS) is 18.3. The molecule has 0 radical (unpaired) electrons. The minimum atomic E-state index is -1.12. The van der Waals surface area contributed by atoms with Crippen LogP contribution >= 0.6 is 0 Å². The lowest BCUT2D eigenvalue weighted by Gasteiger charge is -2.09. The maximum absolute atomic E-state index is 13.8. The number of amides is 1. The van der Waals surface area contributed by atoms with Crippen LogP contribution in [0.3, 0.4) is 0 Å². The van der Waals surface area contributed by atoms with Crippen LogP contribution in [0.5, 0.6) is 5.75 Å². The third kappa shape index (κ3) is 3.66. The molecular weight excluding hydrogens is 344 g/mol. The third-order valence-electron chi connectivity index (χ3n) is 4.45. The standard InChI is InChI=1S/C19H17F2NO4/c1-26-17-5-2-10(6-15(17)19(24)25)9-22-18(23)14-8-13(14)12-4-3-11(20)7-16(12)21/h2-7,13-14H,8-9H2,1H3,(H,22,23)(H,24,25). The Labute approximate surface area is 148 Å². The van der Waals surface area contributed by atoms with Crippen LogP contribution in [0, 0.1) is 17.6 Å². The number of nitrogens with one attached hydrogen (secondary N) is 1. The van der Waals surface area contributed by atoms with Crippen molar-refractivity contribution in [2.45, 2.75) is 18.9 Å². The second kappa shape index (κ2) is 7.11. The summed E-state index contributed by atoms with van der Waals surface area (Å²) in [5, 5.41) is 11.9. The predicted molar refractivity (Wildman–Crippen MR) is 89.0 cm³/mol. The van der Waals surface area contributed by atoms with Crippen LogP contribution in [-0.2, 0) is 11.3 Å². The fourth-order valence-electron chi connectivity index (χ4n) is 2.98. The highest BCUT2D eigenvalue weighted by atomic mass is 19.1. The first-order chi connectivity index (χ1) is 12.4. The van der Waals surface area contributed by atoms with E-state index in [1.807, 2.05) is 0 Å². The van der Waals surface area contributed by atoms with Crippen molar-refractivity contribution in [3.05, 3.63) is 64.7 Å². The number of methoxy groups -OCH3 is 1. The molecule has 3 rings (SSSR count). The van der Waals surface area contributed by atoms with Crippen molar-refractivity contribution >= 4 is 11.9 Å². The summed E-state index contributed by atoms with van der Waals surface area (Å²) < 4.78 is 31.7. The van der Waals surface area contributed by atoms with Crippen molar-refractivity contribution in [3.63, 3.8) is 0 Å². The third-order valence-corrected chi connectivity index (χ3v) is 4.45. The van der Waals surface area contributed by atoms with Gasteiger partial charge in [-0.25, -0.2) is 13.6 Å². The molecule has 1 aliphatic rings. The lowest BCUT2D eigenvalue weighted by molar-refractivity contribution is -0.122. The monoisotopic (exact) mass is 361 g/mol. The van der Waals surface area contributed by atoms with Gasteiger partial charge in [0.1, 0.15) is 22.9 Å². The maximum atomic E-state index is 13.8. The molecule has 0 spiro atoms. The molecule has 0 saturated heterocycles. The van der Waals surface area contributed by atoms with Crippen LogP contribution < -0.4 is 10.1 Å². The van der Waals surface area contributed by atoms with Gasteiger partial charge in [-0.3, -0.25) is 4.79 Å². The number of hydrogen-bond acceptors (Lipinski definition) is 3. The number of hydrogen-bond donors (Lipinski definition) is 2. The summed E-state index contributed by atoms with van der Waals surface area (Å²) in [6.45, 7) is 0.151. The van der Waals surface area contributed by atoms with E-state index in [1.165, 1.54) is 31.4 Å². The number of carbonyl (C=O) groups is 2. The second-order valence-electron chi connectivity index (χ2n) is 6.17. The van der Waals surface area contributed by atoms with E-state index in [1.54, 1.807) is 6.07 Å². The molecule has 1 fully saturated rings. The van der Waals surface area contributed by atoms with E-state index >= 15 is 0 Å². The van der Waals surface area contributed by atoms with Crippen LogP contribution in [0.1, 0.15) is 33.8 Å². The number of aromatic carboxylic acids is 1. The van der Waals surface area contributed by atoms with Gasteiger partial charge in [-0.2, -0.15) is 0 Å². The fraction of sp³-hybridized carbons (Fsp3) is 0.263.